The Morgan fingerprint density at radius 1 is 1.47 bits per heavy atom. The number of halogens is 2. The van der Waals surface area contributed by atoms with E-state index in [2.05, 4.69) is 20.1 Å². The van der Waals surface area contributed by atoms with E-state index in [4.69, 9.17) is 0 Å². The Morgan fingerprint density at radius 3 is 2.67 bits per heavy atom. The van der Waals surface area contributed by atoms with Crippen LogP contribution >= 0.6 is 15.9 Å². The molecule has 0 radical (unpaired) electrons. The van der Waals surface area contributed by atoms with Gasteiger partial charge in [-0.25, -0.2) is 4.39 Å². The van der Waals surface area contributed by atoms with Gasteiger partial charge in [-0.15, -0.1) is 0 Å². The van der Waals surface area contributed by atoms with Gasteiger partial charge in [-0.2, -0.15) is 8.42 Å². The number of hydrogen-bond donors (Lipinski definition) is 0. The molecule has 0 fully saturated rings. The molecule has 0 atom stereocenters. The molecule has 0 heterocycles. The molecule has 0 aliphatic rings. The summed E-state index contributed by atoms with van der Waals surface area (Å²) in [6, 6.07) is 4.61. The second-order valence-electron chi connectivity index (χ2n) is 3.01. The van der Waals surface area contributed by atoms with Crippen LogP contribution in [0.5, 0.6) is 0 Å². The molecule has 0 N–H and O–H groups in total. The van der Waals surface area contributed by atoms with Crippen molar-refractivity contribution in [1.29, 1.82) is 0 Å². The van der Waals surface area contributed by atoms with Crippen molar-refractivity contribution in [1.82, 2.24) is 0 Å². The topological polar surface area (TPSA) is 43.4 Å². The molecule has 1 aromatic rings. The molecule has 0 aliphatic heterocycles. The molecular formula is C9H10BrFO3S. The van der Waals surface area contributed by atoms with E-state index in [-0.39, 0.29) is 18.8 Å². The Bertz CT molecular complexity index is 445. The van der Waals surface area contributed by atoms with Gasteiger partial charge in [0.25, 0.3) is 10.1 Å². The maximum Gasteiger partial charge on any atom is 0.264 e. The third-order valence-corrected chi connectivity index (χ3v) is 2.77. The molecule has 6 heteroatoms. The monoisotopic (exact) mass is 296 g/mol. The largest absolute Gasteiger partial charge is 0.270 e. The molecule has 0 bridgehead atoms. The highest BCUT2D eigenvalue weighted by Gasteiger charge is 2.05. The summed E-state index contributed by atoms with van der Waals surface area (Å²) < 4.78 is 39.7. The van der Waals surface area contributed by atoms with Gasteiger partial charge in [0.05, 0.1) is 12.9 Å². The maximum absolute atomic E-state index is 13.2. The van der Waals surface area contributed by atoms with E-state index in [1.165, 1.54) is 6.07 Å². The number of benzene rings is 1. The summed E-state index contributed by atoms with van der Waals surface area (Å²) in [7, 11) is -3.45. The van der Waals surface area contributed by atoms with Crippen LogP contribution in [0.3, 0.4) is 0 Å². The Labute approximate surface area is 96.5 Å². The highest BCUT2D eigenvalue weighted by molar-refractivity contribution is 9.10. The van der Waals surface area contributed by atoms with E-state index in [1.807, 2.05) is 0 Å². The smallest absolute Gasteiger partial charge is 0.264 e. The summed E-state index contributed by atoms with van der Waals surface area (Å²) >= 11 is 3.13. The molecule has 0 saturated heterocycles. The molecule has 0 aromatic heterocycles. The van der Waals surface area contributed by atoms with Gasteiger partial charge in [0, 0.05) is 10.9 Å². The average molecular weight is 297 g/mol. The Kier molecular flexibility index (Phi) is 4.24. The van der Waals surface area contributed by atoms with Gasteiger partial charge in [0.2, 0.25) is 0 Å². The zero-order valence-electron chi connectivity index (χ0n) is 8.04. The third kappa shape index (κ3) is 4.72. The molecule has 1 rings (SSSR count). The van der Waals surface area contributed by atoms with E-state index in [1.54, 1.807) is 12.1 Å². The highest BCUT2D eigenvalue weighted by atomic mass is 79.9. The fourth-order valence-corrected chi connectivity index (χ4v) is 1.75. The van der Waals surface area contributed by atoms with Crippen LogP contribution in [0, 0.1) is 5.82 Å². The quantitative estimate of drug-likeness (QED) is 0.799. The van der Waals surface area contributed by atoms with E-state index < -0.39 is 10.1 Å². The lowest BCUT2D eigenvalue weighted by atomic mass is 10.1. The fraction of sp³-hybridized carbons (Fsp3) is 0.333. The molecular weight excluding hydrogens is 287 g/mol. The molecule has 84 valence electrons. The molecule has 3 nitrogen and oxygen atoms in total. The minimum atomic E-state index is -3.45. The van der Waals surface area contributed by atoms with Crippen molar-refractivity contribution < 1.29 is 17.0 Å². The SMILES string of the molecule is CS(=O)(=O)OCCc1ccc(Br)cc1F. The molecule has 0 unspecified atom stereocenters. The van der Waals surface area contributed by atoms with Crippen molar-refractivity contribution in [2.75, 3.05) is 12.9 Å². The summed E-state index contributed by atoms with van der Waals surface area (Å²) in [5.41, 5.74) is 0.432. The van der Waals surface area contributed by atoms with Crippen LogP contribution < -0.4 is 0 Å². The first kappa shape index (κ1) is 12.6. The summed E-state index contributed by atoms with van der Waals surface area (Å²) in [5, 5.41) is 0. The summed E-state index contributed by atoms with van der Waals surface area (Å²) in [6.45, 7) is -0.0443. The second kappa shape index (κ2) is 5.05. The highest BCUT2D eigenvalue weighted by Crippen LogP contribution is 2.15. The zero-order chi connectivity index (χ0) is 11.5. The van der Waals surface area contributed by atoms with E-state index >= 15 is 0 Å². The van der Waals surface area contributed by atoms with Crippen LogP contribution in [-0.4, -0.2) is 21.3 Å². The Hall–Kier alpha value is -0.460. The molecule has 0 amide bonds. The van der Waals surface area contributed by atoms with Crippen LogP contribution in [0.25, 0.3) is 0 Å². The van der Waals surface area contributed by atoms with Gasteiger partial charge in [-0.3, -0.25) is 4.18 Å². The summed E-state index contributed by atoms with van der Waals surface area (Å²) in [4.78, 5) is 0. The minimum absolute atomic E-state index is 0.0443. The normalized spacial score (nSPS) is 11.7. The minimum Gasteiger partial charge on any atom is -0.270 e. The average Bonchev–Trinajstić information content (AvgIpc) is 2.07. The molecule has 1 aromatic carbocycles. The molecule has 15 heavy (non-hydrogen) atoms. The predicted molar refractivity (Wildman–Crippen MR) is 58.6 cm³/mol. The number of rotatable bonds is 4. The van der Waals surface area contributed by atoms with Crippen LogP contribution in [0.4, 0.5) is 4.39 Å². The van der Waals surface area contributed by atoms with Gasteiger partial charge in [-0.1, -0.05) is 22.0 Å². The van der Waals surface area contributed by atoms with Gasteiger partial charge in [0.15, 0.2) is 0 Å². The second-order valence-corrected chi connectivity index (χ2v) is 5.57. The predicted octanol–water partition coefficient (Wildman–Crippen LogP) is 2.11. The maximum atomic E-state index is 13.2. The van der Waals surface area contributed by atoms with Crippen molar-refractivity contribution in [2.45, 2.75) is 6.42 Å². The zero-order valence-corrected chi connectivity index (χ0v) is 10.4. The van der Waals surface area contributed by atoms with Crippen molar-refractivity contribution in [3.63, 3.8) is 0 Å². The number of hydrogen-bond acceptors (Lipinski definition) is 3. The van der Waals surface area contributed by atoms with Gasteiger partial charge < -0.3 is 0 Å². The molecule has 0 spiro atoms. The summed E-state index contributed by atoms with van der Waals surface area (Å²) in [6.07, 6.45) is 1.19. The van der Waals surface area contributed by atoms with E-state index in [9.17, 15) is 12.8 Å². The Morgan fingerprint density at radius 2 is 2.13 bits per heavy atom. The first-order valence-electron chi connectivity index (χ1n) is 4.17. The van der Waals surface area contributed by atoms with Crippen molar-refractivity contribution in [3.8, 4) is 0 Å². The summed E-state index contributed by atoms with van der Waals surface area (Å²) in [5.74, 6) is -0.374. The van der Waals surface area contributed by atoms with E-state index in [0.29, 0.717) is 10.0 Å². The van der Waals surface area contributed by atoms with Crippen LogP contribution in [-0.2, 0) is 20.7 Å². The van der Waals surface area contributed by atoms with Crippen molar-refractivity contribution >= 4 is 26.0 Å². The van der Waals surface area contributed by atoms with E-state index in [0.717, 1.165) is 6.26 Å². The lowest BCUT2D eigenvalue weighted by molar-refractivity contribution is 0.324. The van der Waals surface area contributed by atoms with Crippen molar-refractivity contribution in [2.24, 2.45) is 0 Å². The first-order chi connectivity index (χ1) is 6.88. The van der Waals surface area contributed by atoms with Crippen LogP contribution in [0.1, 0.15) is 5.56 Å². The van der Waals surface area contributed by atoms with Crippen LogP contribution in [0.15, 0.2) is 22.7 Å². The lowest BCUT2D eigenvalue weighted by Gasteiger charge is -2.03. The third-order valence-electron chi connectivity index (χ3n) is 1.68. The van der Waals surface area contributed by atoms with Gasteiger partial charge in [-0.05, 0) is 17.7 Å². The van der Waals surface area contributed by atoms with Crippen molar-refractivity contribution in [3.05, 3.63) is 34.1 Å². The first-order valence-corrected chi connectivity index (χ1v) is 6.78. The standard InChI is InChI=1S/C9H10BrFO3S/c1-15(12,13)14-5-4-7-2-3-8(10)6-9(7)11/h2-3,6H,4-5H2,1H3. The fourth-order valence-electron chi connectivity index (χ4n) is 1.03. The van der Waals surface area contributed by atoms with Gasteiger partial charge >= 0.3 is 0 Å². The van der Waals surface area contributed by atoms with Crippen LogP contribution in [0.2, 0.25) is 0 Å². The Balaban J connectivity index is 2.59. The lowest BCUT2D eigenvalue weighted by Crippen LogP contribution is -2.07. The molecule has 0 aliphatic carbocycles. The molecule has 0 saturated carbocycles. The van der Waals surface area contributed by atoms with Gasteiger partial charge in [0.1, 0.15) is 5.82 Å².